The maximum Gasteiger partial charge on any atom is 0.272 e. The SMILES string of the molecule is CC(=O)N1CCN(c2nc(C)cc(C(=O)N3CCCCCC3)n2)CC1. The molecule has 2 aliphatic rings. The van der Waals surface area contributed by atoms with Gasteiger partial charge in [-0.1, -0.05) is 12.8 Å². The van der Waals surface area contributed by atoms with Crippen LogP contribution in [0.15, 0.2) is 6.07 Å². The minimum Gasteiger partial charge on any atom is -0.339 e. The van der Waals surface area contributed by atoms with Gasteiger partial charge in [0, 0.05) is 51.9 Å². The van der Waals surface area contributed by atoms with Gasteiger partial charge in [-0.15, -0.1) is 0 Å². The molecule has 0 aliphatic carbocycles. The highest BCUT2D eigenvalue weighted by Gasteiger charge is 2.24. The van der Waals surface area contributed by atoms with Crippen molar-refractivity contribution in [2.75, 3.05) is 44.2 Å². The predicted molar refractivity (Wildman–Crippen MR) is 95.6 cm³/mol. The van der Waals surface area contributed by atoms with E-state index in [1.54, 1.807) is 13.0 Å². The van der Waals surface area contributed by atoms with Gasteiger partial charge >= 0.3 is 0 Å². The van der Waals surface area contributed by atoms with Crippen LogP contribution in [0.1, 0.15) is 48.8 Å². The molecule has 25 heavy (non-hydrogen) atoms. The van der Waals surface area contributed by atoms with Crippen LogP contribution in [0.25, 0.3) is 0 Å². The highest BCUT2D eigenvalue weighted by atomic mass is 16.2. The molecule has 2 fully saturated rings. The number of carbonyl (C=O) groups excluding carboxylic acids is 2. The molecular formula is C18H27N5O2. The highest BCUT2D eigenvalue weighted by molar-refractivity contribution is 5.92. The van der Waals surface area contributed by atoms with E-state index in [-0.39, 0.29) is 11.8 Å². The molecule has 0 spiro atoms. The van der Waals surface area contributed by atoms with Gasteiger partial charge in [0.05, 0.1) is 0 Å². The van der Waals surface area contributed by atoms with Crippen molar-refractivity contribution in [2.24, 2.45) is 0 Å². The first-order valence-electron chi connectivity index (χ1n) is 9.20. The van der Waals surface area contributed by atoms with Crippen LogP contribution in [0.2, 0.25) is 0 Å². The first-order valence-corrected chi connectivity index (χ1v) is 9.20. The zero-order valence-electron chi connectivity index (χ0n) is 15.2. The second-order valence-electron chi connectivity index (χ2n) is 6.89. The van der Waals surface area contributed by atoms with Gasteiger partial charge < -0.3 is 14.7 Å². The van der Waals surface area contributed by atoms with Crippen molar-refractivity contribution in [3.63, 3.8) is 0 Å². The average Bonchev–Trinajstić information content (AvgIpc) is 2.90. The molecule has 0 unspecified atom stereocenters. The molecule has 0 atom stereocenters. The lowest BCUT2D eigenvalue weighted by atomic mass is 10.2. The van der Waals surface area contributed by atoms with Crippen LogP contribution in [0, 0.1) is 6.92 Å². The molecule has 3 heterocycles. The van der Waals surface area contributed by atoms with Crippen LogP contribution in [0.3, 0.4) is 0 Å². The van der Waals surface area contributed by atoms with E-state index in [0.29, 0.717) is 37.8 Å². The van der Waals surface area contributed by atoms with Crippen LogP contribution >= 0.6 is 0 Å². The van der Waals surface area contributed by atoms with Crippen molar-refractivity contribution in [3.05, 3.63) is 17.5 Å². The van der Waals surface area contributed by atoms with Gasteiger partial charge in [0.15, 0.2) is 0 Å². The van der Waals surface area contributed by atoms with Crippen LogP contribution in [0.5, 0.6) is 0 Å². The minimum atomic E-state index is 0.0102. The van der Waals surface area contributed by atoms with Gasteiger partial charge in [-0.05, 0) is 25.8 Å². The molecule has 1 aromatic heterocycles. The lowest BCUT2D eigenvalue weighted by Crippen LogP contribution is -2.48. The van der Waals surface area contributed by atoms with Crippen molar-refractivity contribution in [2.45, 2.75) is 39.5 Å². The first kappa shape index (κ1) is 17.6. The number of likely N-dealkylation sites (tertiary alicyclic amines) is 1. The highest BCUT2D eigenvalue weighted by Crippen LogP contribution is 2.17. The van der Waals surface area contributed by atoms with E-state index in [1.165, 1.54) is 12.8 Å². The van der Waals surface area contributed by atoms with E-state index in [2.05, 4.69) is 14.9 Å². The average molecular weight is 345 g/mol. The van der Waals surface area contributed by atoms with Crippen LogP contribution < -0.4 is 4.90 Å². The van der Waals surface area contributed by atoms with E-state index in [4.69, 9.17) is 0 Å². The zero-order valence-corrected chi connectivity index (χ0v) is 15.2. The Hall–Kier alpha value is -2.18. The zero-order chi connectivity index (χ0) is 17.8. The van der Waals surface area contributed by atoms with Gasteiger partial charge in [-0.3, -0.25) is 9.59 Å². The molecule has 2 amide bonds. The molecule has 0 radical (unpaired) electrons. The molecule has 0 aromatic carbocycles. The number of amides is 2. The molecule has 136 valence electrons. The molecular weight excluding hydrogens is 318 g/mol. The number of aromatic nitrogens is 2. The summed E-state index contributed by atoms with van der Waals surface area (Å²) in [6, 6.07) is 1.78. The smallest absolute Gasteiger partial charge is 0.272 e. The Morgan fingerprint density at radius 1 is 0.880 bits per heavy atom. The molecule has 0 bridgehead atoms. The van der Waals surface area contributed by atoms with E-state index in [0.717, 1.165) is 31.6 Å². The number of anilines is 1. The standard InChI is InChI=1S/C18H27N5O2/c1-14-13-16(17(25)22-7-5-3-4-6-8-22)20-18(19-14)23-11-9-21(10-12-23)15(2)24/h13H,3-12H2,1-2H3. The molecule has 2 aliphatic heterocycles. The summed E-state index contributed by atoms with van der Waals surface area (Å²) >= 11 is 0. The quantitative estimate of drug-likeness (QED) is 0.812. The van der Waals surface area contributed by atoms with Crippen molar-refractivity contribution in [3.8, 4) is 0 Å². The number of carbonyl (C=O) groups is 2. The van der Waals surface area contributed by atoms with E-state index >= 15 is 0 Å². The van der Waals surface area contributed by atoms with Gasteiger partial charge in [0.1, 0.15) is 5.69 Å². The molecule has 0 saturated carbocycles. The monoisotopic (exact) mass is 345 g/mol. The Labute approximate surface area is 149 Å². The Balaban J connectivity index is 1.74. The van der Waals surface area contributed by atoms with E-state index in [9.17, 15) is 9.59 Å². The largest absolute Gasteiger partial charge is 0.339 e. The number of nitrogens with zero attached hydrogens (tertiary/aromatic N) is 5. The number of hydrogen-bond acceptors (Lipinski definition) is 5. The normalized spacial score (nSPS) is 18.9. The van der Waals surface area contributed by atoms with Gasteiger partial charge in [0.25, 0.3) is 5.91 Å². The molecule has 3 rings (SSSR count). The van der Waals surface area contributed by atoms with Gasteiger partial charge in [0.2, 0.25) is 11.9 Å². The second kappa shape index (κ2) is 7.80. The topological polar surface area (TPSA) is 69.6 Å². The number of aryl methyl sites for hydroxylation is 1. The second-order valence-corrected chi connectivity index (χ2v) is 6.89. The lowest BCUT2D eigenvalue weighted by molar-refractivity contribution is -0.129. The van der Waals surface area contributed by atoms with Crippen molar-refractivity contribution < 1.29 is 9.59 Å². The maximum atomic E-state index is 12.8. The fourth-order valence-corrected chi connectivity index (χ4v) is 3.46. The molecule has 7 nitrogen and oxygen atoms in total. The fraction of sp³-hybridized carbons (Fsp3) is 0.667. The molecule has 7 heteroatoms. The van der Waals surface area contributed by atoms with Crippen LogP contribution in [-0.4, -0.2) is 70.9 Å². The summed E-state index contributed by atoms with van der Waals surface area (Å²) in [5, 5.41) is 0. The Morgan fingerprint density at radius 2 is 1.52 bits per heavy atom. The molecule has 0 N–H and O–H groups in total. The summed E-state index contributed by atoms with van der Waals surface area (Å²) in [4.78, 5) is 39.2. The van der Waals surface area contributed by atoms with Gasteiger partial charge in [-0.25, -0.2) is 9.97 Å². The summed E-state index contributed by atoms with van der Waals surface area (Å²) in [6.45, 7) is 7.85. The fourth-order valence-electron chi connectivity index (χ4n) is 3.46. The minimum absolute atomic E-state index is 0.0102. The lowest BCUT2D eigenvalue weighted by Gasteiger charge is -2.34. The number of hydrogen-bond donors (Lipinski definition) is 0. The van der Waals surface area contributed by atoms with E-state index < -0.39 is 0 Å². The number of piperazine rings is 1. The van der Waals surface area contributed by atoms with Crippen molar-refractivity contribution in [1.29, 1.82) is 0 Å². The third-order valence-corrected chi connectivity index (χ3v) is 4.96. The summed E-state index contributed by atoms with van der Waals surface area (Å²) in [5.74, 6) is 0.708. The Bertz CT molecular complexity index is 632. The van der Waals surface area contributed by atoms with E-state index in [1.807, 2.05) is 16.7 Å². The Kier molecular flexibility index (Phi) is 5.50. The maximum absolute atomic E-state index is 12.8. The third-order valence-electron chi connectivity index (χ3n) is 4.96. The summed E-state index contributed by atoms with van der Waals surface area (Å²) < 4.78 is 0. The molecule has 2 saturated heterocycles. The van der Waals surface area contributed by atoms with Crippen molar-refractivity contribution in [1.82, 2.24) is 19.8 Å². The van der Waals surface area contributed by atoms with Crippen molar-refractivity contribution >= 4 is 17.8 Å². The van der Waals surface area contributed by atoms with Crippen LogP contribution in [-0.2, 0) is 4.79 Å². The first-order chi connectivity index (χ1) is 12.0. The molecule has 1 aromatic rings. The Morgan fingerprint density at radius 3 is 2.12 bits per heavy atom. The third kappa shape index (κ3) is 4.27. The van der Waals surface area contributed by atoms with Gasteiger partial charge in [-0.2, -0.15) is 0 Å². The van der Waals surface area contributed by atoms with Crippen LogP contribution in [0.4, 0.5) is 5.95 Å². The summed E-state index contributed by atoms with van der Waals surface area (Å²) in [6.07, 6.45) is 4.52. The number of rotatable bonds is 2. The summed E-state index contributed by atoms with van der Waals surface area (Å²) in [7, 11) is 0. The predicted octanol–water partition coefficient (Wildman–Crippen LogP) is 1.47. The summed E-state index contributed by atoms with van der Waals surface area (Å²) in [5.41, 5.74) is 1.29.